The third kappa shape index (κ3) is 0.865. The predicted octanol–water partition coefficient (Wildman–Crippen LogP) is 1.83. The summed E-state index contributed by atoms with van der Waals surface area (Å²) in [5.41, 5.74) is 0. The second kappa shape index (κ2) is 2.16. The number of thiophene rings is 1. The van der Waals surface area contributed by atoms with Crippen LogP contribution in [0, 0.1) is 6.92 Å². The largest absolute Gasteiger partial charge is 0.485 e. The SMILES string of the molecule is Cc1cc2c(s1)OCCO2. The van der Waals surface area contributed by atoms with E-state index in [1.54, 1.807) is 11.3 Å². The summed E-state index contributed by atoms with van der Waals surface area (Å²) in [5, 5.41) is 0.934. The summed E-state index contributed by atoms with van der Waals surface area (Å²) in [7, 11) is 0. The van der Waals surface area contributed by atoms with Crippen molar-refractivity contribution in [1.82, 2.24) is 0 Å². The van der Waals surface area contributed by atoms with Gasteiger partial charge in [-0.2, -0.15) is 0 Å². The first-order chi connectivity index (χ1) is 4.86. The molecule has 0 aromatic carbocycles. The molecule has 0 N–H and O–H groups in total. The summed E-state index contributed by atoms with van der Waals surface area (Å²) in [6.07, 6.45) is 0. The highest BCUT2D eigenvalue weighted by Crippen LogP contribution is 2.38. The third-order valence-corrected chi connectivity index (χ3v) is 2.31. The molecule has 0 bridgehead atoms. The lowest BCUT2D eigenvalue weighted by Crippen LogP contribution is -2.13. The van der Waals surface area contributed by atoms with Crippen LogP contribution in [0.4, 0.5) is 0 Å². The Labute approximate surface area is 63.4 Å². The van der Waals surface area contributed by atoms with Crippen LogP contribution in [0.3, 0.4) is 0 Å². The van der Waals surface area contributed by atoms with Gasteiger partial charge in [-0.25, -0.2) is 0 Å². The van der Waals surface area contributed by atoms with Crippen molar-refractivity contribution < 1.29 is 9.47 Å². The molecule has 0 saturated heterocycles. The van der Waals surface area contributed by atoms with Crippen LogP contribution < -0.4 is 9.47 Å². The fourth-order valence-electron chi connectivity index (χ4n) is 0.957. The van der Waals surface area contributed by atoms with E-state index in [1.807, 2.05) is 6.07 Å². The summed E-state index contributed by atoms with van der Waals surface area (Å²) < 4.78 is 10.7. The molecule has 0 fully saturated rings. The maximum atomic E-state index is 5.34. The minimum atomic E-state index is 0.684. The van der Waals surface area contributed by atoms with Crippen LogP contribution in [0.5, 0.6) is 10.8 Å². The van der Waals surface area contributed by atoms with Crippen molar-refractivity contribution in [3.63, 3.8) is 0 Å². The van der Waals surface area contributed by atoms with Crippen LogP contribution in [0.25, 0.3) is 0 Å². The van der Waals surface area contributed by atoms with Gasteiger partial charge in [0.15, 0.2) is 5.75 Å². The fourth-order valence-corrected chi connectivity index (χ4v) is 1.78. The Hall–Kier alpha value is -0.700. The summed E-state index contributed by atoms with van der Waals surface area (Å²) in [6, 6.07) is 2.01. The maximum Gasteiger partial charge on any atom is 0.217 e. The summed E-state index contributed by atoms with van der Waals surface area (Å²) in [4.78, 5) is 1.24. The van der Waals surface area contributed by atoms with Crippen molar-refractivity contribution in [2.24, 2.45) is 0 Å². The third-order valence-electron chi connectivity index (χ3n) is 1.36. The number of aryl methyl sites for hydroxylation is 1. The highest BCUT2D eigenvalue weighted by molar-refractivity contribution is 7.14. The molecule has 1 aromatic rings. The molecule has 0 aliphatic carbocycles. The molecule has 1 aromatic heterocycles. The molecule has 1 aliphatic heterocycles. The van der Waals surface area contributed by atoms with Gasteiger partial charge in [0.2, 0.25) is 5.06 Å². The Morgan fingerprint density at radius 1 is 1.40 bits per heavy atom. The zero-order chi connectivity index (χ0) is 6.97. The summed E-state index contributed by atoms with van der Waals surface area (Å²) >= 11 is 1.64. The molecule has 0 spiro atoms. The van der Waals surface area contributed by atoms with E-state index in [9.17, 15) is 0 Å². The lowest BCUT2D eigenvalue weighted by molar-refractivity contribution is 0.178. The Morgan fingerprint density at radius 3 is 3.00 bits per heavy atom. The Balaban J connectivity index is 2.41. The van der Waals surface area contributed by atoms with Crippen LogP contribution in [0.15, 0.2) is 6.07 Å². The first-order valence-corrected chi connectivity index (χ1v) is 4.04. The molecule has 0 saturated carbocycles. The second-order valence-electron chi connectivity index (χ2n) is 2.21. The summed E-state index contributed by atoms with van der Waals surface area (Å²) in [6.45, 7) is 3.42. The molecule has 0 atom stereocenters. The number of ether oxygens (including phenoxy) is 2. The van der Waals surface area contributed by atoms with Gasteiger partial charge in [-0.05, 0) is 13.0 Å². The Kier molecular flexibility index (Phi) is 1.31. The molecule has 2 rings (SSSR count). The van der Waals surface area contributed by atoms with Crippen molar-refractivity contribution in [3.8, 4) is 10.8 Å². The van der Waals surface area contributed by atoms with Gasteiger partial charge in [0.05, 0.1) is 0 Å². The molecule has 10 heavy (non-hydrogen) atoms. The quantitative estimate of drug-likeness (QED) is 0.570. The second-order valence-corrected chi connectivity index (χ2v) is 3.42. The number of hydrogen-bond donors (Lipinski definition) is 0. The van der Waals surface area contributed by atoms with E-state index in [4.69, 9.17) is 9.47 Å². The molecule has 3 heteroatoms. The highest BCUT2D eigenvalue weighted by Gasteiger charge is 2.13. The van der Waals surface area contributed by atoms with Gasteiger partial charge in [0, 0.05) is 4.88 Å². The fraction of sp³-hybridized carbons (Fsp3) is 0.429. The van der Waals surface area contributed by atoms with E-state index in [1.165, 1.54) is 4.88 Å². The van der Waals surface area contributed by atoms with Gasteiger partial charge < -0.3 is 9.47 Å². The van der Waals surface area contributed by atoms with Crippen molar-refractivity contribution in [2.45, 2.75) is 6.92 Å². The molecule has 0 amide bonds. The topological polar surface area (TPSA) is 18.5 Å². The molecule has 54 valence electrons. The molecular weight excluding hydrogens is 148 g/mol. The number of hydrogen-bond acceptors (Lipinski definition) is 3. The van der Waals surface area contributed by atoms with E-state index in [-0.39, 0.29) is 0 Å². The van der Waals surface area contributed by atoms with E-state index in [0.717, 1.165) is 10.8 Å². The number of fused-ring (bicyclic) bond motifs is 1. The van der Waals surface area contributed by atoms with Crippen molar-refractivity contribution >= 4 is 11.3 Å². The smallest absolute Gasteiger partial charge is 0.217 e. The Bertz CT molecular complexity index is 218. The van der Waals surface area contributed by atoms with Crippen molar-refractivity contribution in [3.05, 3.63) is 10.9 Å². The van der Waals surface area contributed by atoms with Crippen molar-refractivity contribution in [2.75, 3.05) is 13.2 Å². The average molecular weight is 156 g/mol. The monoisotopic (exact) mass is 156 g/mol. The zero-order valence-electron chi connectivity index (χ0n) is 5.72. The van der Waals surface area contributed by atoms with Crippen LogP contribution in [0.2, 0.25) is 0 Å². The van der Waals surface area contributed by atoms with E-state index < -0.39 is 0 Å². The van der Waals surface area contributed by atoms with Gasteiger partial charge >= 0.3 is 0 Å². The van der Waals surface area contributed by atoms with Gasteiger partial charge in [0.25, 0.3) is 0 Å². The van der Waals surface area contributed by atoms with Crippen molar-refractivity contribution in [1.29, 1.82) is 0 Å². The van der Waals surface area contributed by atoms with Crippen LogP contribution in [-0.4, -0.2) is 13.2 Å². The standard InChI is InChI=1S/C7H8O2S/c1-5-4-6-7(10-5)9-3-2-8-6/h4H,2-3H2,1H3. The van der Waals surface area contributed by atoms with Gasteiger partial charge in [0.1, 0.15) is 13.2 Å². The lowest BCUT2D eigenvalue weighted by atomic mass is 10.4. The van der Waals surface area contributed by atoms with E-state index in [0.29, 0.717) is 13.2 Å². The first-order valence-electron chi connectivity index (χ1n) is 3.22. The number of rotatable bonds is 0. The van der Waals surface area contributed by atoms with Crippen LogP contribution >= 0.6 is 11.3 Å². The van der Waals surface area contributed by atoms with Gasteiger partial charge in [-0.15, -0.1) is 11.3 Å². The van der Waals surface area contributed by atoms with Gasteiger partial charge in [-0.3, -0.25) is 0 Å². The molecule has 0 radical (unpaired) electrons. The highest BCUT2D eigenvalue weighted by atomic mass is 32.1. The van der Waals surface area contributed by atoms with Gasteiger partial charge in [-0.1, -0.05) is 0 Å². The minimum Gasteiger partial charge on any atom is -0.485 e. The lowest BCUT2D eigenvalue weighted by Gasteiger charge is -2.13. The molecule has 1 aliphatic rings. The van der Waals surface area contributed by atoms with E-state index in [2.05, 4.69) is 6.92 Å². The molecular formula is C7H8O2S. The predicted molar refractivity (Wildman–Crippen MR) is 40.0 cm³/mol. The zero-order valence-corrected chi connectivity index (χ0v) is 6.53. The summed E-state index contributed by atoms with van der Waals surface area (Å²) in [5.74, 6) is 0.911. The normalized spacial score (nSPS) is 15.3. The average Bonchev–Trinajstić information content (AvgIpc) is 2.27. The molecule has 0 unspecified atom stereocenters. The minimum absolute atomic E-state index is 0.684. The first kappa shape index (κ1) is 6.04. The van der Waals surface area contributed by atoms with Crippen LogP contribution in [-0.2, 0) is 0 Å². The maximum absolute atomic E-state index is 5.34. The molecule has 2 nitrogen and oxygen atoms in total. The van der Waals surface area contributed by atoms with E-state index >= 15 is 0 Å². The molecule has 2 heterocycles. The van der Waals surface area contributed by atoms with Crippen LogP contribution in [0.1, 0.15) is 4.88 Å². The Morgan fingerprint density at radius 2 is 2.20 bits per heavy atom.